The first kappa shape index (κ1) is 15.6. The predicted molar refractivity (Wildman–Crippen MR) is 88.5 cm³/mol. The fourth-order valence-corrected chi connectivity index (χ4v) is 3.70. The van der Waals surface area contributed by atoms with Gasteiger partial charge in [0, 0.05) is 38.4 Å². The lowest BCUT2D eigenvalue weighted by atomic mass is 10.0. The normalized spacial score (nSPS) is 16.0. The Morgan fingerprint density at radius 1 is 1.45 bits per heavy atom. The number of halogens is 3. The van der Waals surface area contributed by atoms with Gasteiger partial charge in [-0.25, -0.2) is 4.98 Å². The Bertz CT molecular complexity index is 716. The van der Waals surface area contributed by atoms with Crippen LogP contribution in [0.2, 0.25) is 10.0 Å². The summed E-state index contributed by atoms with van der Waals surface area (Å²) in [6.45, 7) is 0.606. The molecule has 1 amide bonds. The minimum Gasteiger partial charge on any atom is -0.476 e. The maximum absolute atomic E-state index is 12.4. The average Bonchev–Trinajstić information content (AvgIpc) is 2.90. The molecule has 7 heteroatoms. The molecule has 2 heterocycles. The van der Waals surface area contributed by atoms with Crippen LogP contribution in [-0.2, 0) is 11.3 Å². The molecule has 0 spiro atoms. The summed E-state index contributed by atoms with van der Waals surface area (Å²) in [5.41, 5.74) is 1.59. The molecule has 1 aliphatic rings. The number of nitrogens with zero attached hydrogens (tertiary/aromatic N) is 1. The number of carbonyl (C=O) groups excluding carboxylic acids is 1. The van der Waals surface area contributed by atoms with Crippen LogP contribution in [0.5, 0.6) is 5.88 Å². The molecule has 0 bridgehead atoms. The first-order valence-electron chi connectivity index (χ1n) is 6.55. The van der Waals surface area contributed by atoms with Crippen LogP contribution in [0.1, 0.15) is 17.0 Å². The van der Waals surface area contributed by atoms with Crippen molar-refractivity contribution in [2.24, 2.45) is 0 Å². The van der Waals surface area contributed by atoms with Gasteiger partial charge in [0.1, 0.15) is 12.5 Å². The van der Waals surface area contributed by atoms with E-state index in [1.807, 2.05) is 6.07 Å². The summed E-state index contributed by atoms with van der Waals surface area (Å²) in [5, 5.41) is 3.92. The molecule has 114 valence electrons. The van der Waals surface area contributed by atoms with Gasteiger partial charge in [-0.05, 0) is 18.2 Å². The minimum absolute atomic E-state index is 0.121. The maximum atomic E-state index is 12.4. The molecule has 0 saturated carbocycles. The summed E-state index contributed by atoms with van der Waals surface area (Å²) in [6.07, 6.45) is 1.64. The van der Waals surface area contributed by atoms with Gasteiger partial charge in [-0.3, -0.25) is 4.79 Å². The Kier molecular flexibility index (Phi) is 4.57. The van der Waals surface area contributed by atoms with Crippen LogP contribution in [0.15, 0.2) is 34.9 Å². The number of fused-ring (bicyclic) bond motifs is 1. The third kappa shape index (κ3) is 3.07. The van der Waals surface area contributed by atoms with Gasteiger partial charge in [0.25, 0.3) is 0 Å². The number of amides is 1. The molecule has 0 saturated heterocycles. The van der Waals surface area contributed by atoms with Crippen molar-refractivity contribution in [2.75, 3.05) is 6.61 Å². The van der Waals surface area contributed by atoms with E-state index >= 15 is 0 Å². The van der Waals surface area contributed by atoms with Crippen LogP contribution < -0.4 is 10.1 Å². The van der Waals surface area contributed by atoms with Crippen molar-refractivity contribution in [2.45, 2.75) is 12.5 Å². The van der Waals surface area contributed by atoms with Crippen molar-refractivity contribution < 1.29 is 9.53 Å². The zero-order chi connectivity index (χ0) is 15.7. The van der Waals surface area contributed by atoms with E-state index in [2.05, 4.69) is 26.2 Å². The first-order valence-corrected chi connectivity index (χ1v) is 8.10. The summed E-state index contributed by atoms with van der Waals surface area (Å²) >= 11 is 15.5. The number of ether oxygens (including phenoxy) is 1. The van der Waals surface area contributed by atoms with Crippen molar-refractivity contribution in [1.29, 1.82) is 0 Å². The molecule has 0 aliphatic carbocycles. The van der Waals surface area contributed by atoms with Gasteiger partial charge >= 0.3 is 0 Å². The van der Waals surface area contributed by atoms with Gasteiger partial charge in [0.2, 0.25) is 11.8 Å². The zero-order valence-electron chi connectivity index (χ0n) is 11.3. The van der Waals surface area contributed by atoms with Crippen LogP contribution in [-0.4, -0.2) is 17.5 Å². The highest BCUT2D eigenvalue weighted by Crippen LogP contribution is 2.32. The fourth-order valence-electron chi connectivity index (χ4n) is 2.30. The number of nitrogens with one attached hydrogen (secondary N) is 1. The Morgan fingerprint density at radius 3 is 3.05 bits per heavy atom. The smallest absolute Gasteiger partial charge is 0.231 e. The van der Waals surface area contributed by atoms with E-state index in [9.17, 15) is 4.79 Å². The Morgan fingerprint density at radius 2 is 2.27 bits per heavy atom. The highest BCUT2D eigenvalue weighted by Gasteiger charge is 2.31. The topological polar surface area (TPSA) is 51.2 Å². The molecule has 1 aliphatic heterocycles. The van der Waals surface area contributed by atoms with Crippen molar-refractivity contribution in [3.63, 3.8) is 0 Å². The molecule has 0 unspecified atom stereocenters. The lowest BCUT2D eigenvalue weighted by molar-refractivity contribution is -0.122. The molecular weight excluding hydrogens is 391 g/mol. The number of aromatic nitrogens is 1. The van der Waals surface area contributed by atoms with Crippen molar-refractivity contribution in [3.05, 3.63) is 56.1 Å². The summed E-state index contributed by atoms with van der Waals surface area (Å²) in [6, 6.07) is 7.03. The van der Waals surface area contributed by atoms with E-state index in [-0.39, 0.29) is 11.8 Å². The lowest BCUT2D eigenvalue weighted by Gasteiger charge is -2.12. The summed E-state index contributed by atoms with van der Waals surface area (Å²) in [5.74, 6) is 0.0478. The highest BCUT2D eigenvalue weighted by molar-refractivity contribution is 9.10. The van der Waals surface area contributed by atoms with Crippen molar-refractivity contribution >= 4 is 45.0 Å². The SMILES string of the molecule is O=C(NCc1c(Cl)cc(Cl)cc1Br)[C@H]1COc2ncccc21. The molecule has 1 aromatic carbocycles. The number of rotatable bonds is 3. The second-order valence-electron chi connectivity index (χ2n) is 4.83. The largest absolute Gasteiger partial charge is 0.476 e. The third-order valence-corrected chi connectivity index (χ3v) is 4.69. The molecule has 3 rings (SSSR count). The van der Waals surface area contributed by atoms with E-state index < -0.39 is 0 Å². The predicted octanol–water partition coefficient (Wildman–Crippen LogP) is 3.94. The Balaban J connectivity index is 1.72. The molecule has 1 aromatic heterocycles. The van der Waals surface area contributed by atoms with Crippen LogP contribution >= 0.6 is 39.1 Å². The molecule has 0 radical (unpaired) electrons. The van der Waals surface area contributed by atoms with Gasteiger partial charge in [-0.1, -0.05) is 45.2 Å². The molecule has 4 nitrogen and oxygen atoms in total. The molecular formula is C15H11BrCl2N2O2. The van der Waals surface area contributed by atoms with Gasteiger partial charge in [-0.15, -0.1) is 0 Å². The maximum Gasteiger partial charge on any atom is 0.231 e. The van der Waals surface area contributed by atoms with Crippen LogP contribution in [0.3, 0.4) is 0 Å². The van der Waals surface area contributed by atoms with E-state index in [0.717, 1.165) is 15.6 Å². The Labute approximate surface area is 145 Å². The summed E-state index contributed by atoms with van der Waals surface area (Å²) in [7, 11) is 0. The van der Waals surface area contributed by atoms with Crippen molar-refractivity contribution in [1.82, 2.24) is 10.3 Å². The molecule has 22 heavy (non-hydrogen) atoms. The van der Waals surface area contributed by atoms with E-state index in [1.165, 1.54) is 0 Å². The monoisotopic (exact) mass is 400 g/mol. The zero-order valence-corrected chi connectivity index (χ0v) is 14.4. The van der Waals surface area contributed by atoms with Crippen LogP contribution in [0.25, 0.3) is 0 Å². The fraction of sp³-hybridized carbons (Fsp3) is 0.200. The van der Waals surface area contributed by atoms with Gasteiger partial charge in [0.15, 0.2) is 0 Å². The third-order valence-electron chi connectivity index (χ3n) is 3.42. The van der Waals surface area contributed by atoms with Crippen molar-refractivity contribution in [3.8, 4) is 5.88 Å². The number of hydrogen-bond acceptors (Lipinski definition) is 3. The number of hydrogen-bond donors (Lipinski definition) is 1. The Hall–Kier alpha value is -1.30. The summed E-state index contributed by atoms with van der Waals surface area (Å²) in [4.78, 5) is 16.5. The van der Waals surface area contributed by atoms with E-state index in [1.54, 1.807) is 24.4 Å². The first-order chi connectivity index (χ1) is 10.6. The summed E-state index contributed by atoms with van der Waals surface area (Å²) < 4.78 is 6.18. The minimum atomic E-state index is -0.353. The van der Waals surface area contributed by atoms with Crippen LogP contribution in [0, 0.1) is 0 Å². The highest BCUT2D eigenvalue weighted by atomic mass is 79.9. The van der Waals surface area contributed by atoms with Gasteiger partial charge < -0.3 is 10.1 Å². The number of carbonyl (C=O) groups is 1. The van der Waals surface area contributed by atoms with Gasteiger partial charge in [-0.2, -0.15) is 0 Å². The second kappa shape index (κ2) is 6.44. The number of pyridine rings is 1. The van der Waals surface area contributed by atoms with Crippen LogP contribution in [0.4, 0.5) is 0 Å². The number of benzene rings is 1. The molecule has 0 fully saturated rings. The van der Waals surface area contributed by atoms with E-state index in [0.29, 0.717) is 29.1 Å². The lowest BCUT2D eigenvalue weighted by Crippen LogP contribution is -2.30. The quantitative estimate of drug-likeness (QED) is 0.847. The second-order valence-corrected chi connectivity index (χ2v) is 6.53. The standard InChI is InChI=1S/C15H11BrCl2N2O2/c16-12-4-8(17)5-13(18)10(12)6-20-14(21)11-7-22-15-9(11)2-1-3-19-15/h1-5,11H,6-7H2,(H,20,21)/t11-/m0/s1. The average molecular weight is 402 g/mol. The molecule has 1 N–H and O–H groups in total. The van der Waals surface area contributed by atoms with Gasteiger partial charge in [0.05, 0.1) is 0 Å². The molecule has 2 aromatic rings. The molecule has 1 atom stereocenters. The van der Waals surface area contributed by atoms with E-state index in [4.69, 9.17) is 27.9 Å².